The zero-order chi connectivity index (χ0) is 23.9. The van der Waals surface area contributed by atoms with Crippen molar-refractivity contribution in [3.05, 3.63) is 107 Å². The highest BCUT2D eigenvalue weighted by molar-refractivity contribution is 6.10. The monoisotopic (exact) mass is 448 g/mol. The van der Waals surface area contributed by atoms with Gasteiger partial charge in [-0.25, -0.2) is 0 Å². The van der Waals surface area contributed by atoms with Gasteiger partial charge in [-0.1, -0.05) is 60.7 Å². The van der Waals surface area contributed by atoms with Gasteiger partial charge in [0.1, 0.15) is 29.7 Å². The number of anilines is 1. The summed E-state index contributed by atoms with van der Waals surface area (Å²) in [7, 11) is 1.53. The quantitative estimate of drug-likeness (QED) is 0.267. The van der Waals surface area contributed by atoms with Gasteiger partial charge in [0.2, 0.25) is 0 Å². The third-order valence-electron chi connectivity index (χ3n) is 5.43. The third-order valence-corrected chi connectivity index (χ3v) is 5.43. The molecule has 4 rings (SSSR count). The zero-order valence-electron chi connectivity index (χ0n) is 19.0. The number of nitrogens with zero attached hydrogens (tertiary/aromatic N) is 1. The van der Waals surface area contributed by atoms with Crippen LogP contribution in [0.4, 0.5) is 5.69 Å². The second-order valence-electron chi connectivity index (χ2n) is 7.82. The molecule has 1 amide bonds. The summed E-state index contributed by atoms with van der Waals surface area (Å²) in [6, 6.07) is 29.1. The molecule has 0 aliphatic rings. The molecule has 0 radical (unpaired) electrons. The van der Waals surface area contributed by atoms with Gasteiger partial charge in [0.05, 0.1) is 12.8 Å². The SMILES string of the molecule is COc1ccc(C)cc1NC(=O)/C(C#N)=C/c1ccc(OCc2cccc3ccccc23)cc1. The largest absolute Gasteiger partial charge is 0.495 e. The molecule has 0 spiro atoms. The van der Waals surface area contributed by atoms with Gasteiger partial charge in [0, 0.05) is 0 Å². The number of amides is 1. The van der Waals surface area contributed by atoms with E-state index in [2.05, 4.69) is 29.6 Å². The molecule has 0 saturated carbocycles. The van der Waals surface area contributed by atoms with Crippen LogP contribution in [0.5, 0.6) is 11.5 Å². The lowest BCUT2D eigenvalue weighted by atomic mass is 10.1. The van der Waals surface area contributed by atoms with Crippen molar-refractivity contribution >= 4 is 28.4 Å². The molecule has 5 nitrogen and oxygen atoms in total. The molecule has 0 bridgehead atoms. The smallest absolute Gasteiger partial charge is 0.266 e. The molecule has 0 aromatic heterocycles. The van der Waals surface area contributed by atoms with E-state index in [1.165, 1.54) is 17.9 Å². The Morgan fingerprint density at radius 2 is 1.76 bits per heavy atom. The summed E-state index contributed by atoms with van der Waals surface area (Å²) < 4.78 is 11.3. The summed E-state index contributed by atoms with van der Waals surface area (Å²) in [6.45, 7) is 2.36. The van der Waals surface area contributed by atoms with Gasteiger partial charge in [0.25, 0.3) is 5.91 Å². The summed E-state index contributed by atoms with van der Waals surface area (Å²) in [5.41, 5.74) is 3.31. The number of carbonyl (C=O) groups is 1. The number of benzene rings is 4. The first kappa shape index (κ1) is 22.6. The molecule has 4 aromatic carbocycles. The summed E-state index contributed by atoms with van der Waals surface area (Å²) >= 11 is 0. The average molecular weight is 449 g/mol. The van der Waals surface area contributed by atoms with Crippen LogP contribution in [0.3, 0.4) is 0 Å². The average Bonchev–Trinajstić information content (AvgIpc) is 2.86. The third kappa shape index (κ3) is 5.25. The van der Waals surface area contributed by atoms with Gasteiger partial charge in [-0.15, -0.1) is 0 Å². The Hall–Kier alpha value is -4.56. The van der Waals surface area contributed by atoms with Gasteiger partial charge in [-0.3, -0.25) is 4.79 Å². The molecular formula is C29H24N2O3. The second-order valence-corrected chi connectivity index (χ2v) is 7.82. The fourth-order valence-corrected chi connectivity index (χ4v) is 3.66. The van der Waals surface area contributed by atoms with E-state index in [4.69, 9.17) is 9.47 Å². The van der Waals surface area contributed by atoms with Crippen LogP contribution in [0.15, 0.2) is 90.5 Å². The maximum Gasteiger partial charge on any atom is 0.266 e. The van der Waals surface area contributed by atoms with Gasteiger partial charge >= 0.3 is 0 Å². The first-order valence-corrected chi connectivity index (χ1v) is 10.8. The minimum absolute atomic E-state index is 0.00650. The number of ether oxygens (including phenoxy) is 2. The molecule has 5 heteroatoms. The Morgan fingerprint density at radius 3 is 2.53 bits per heavy atom. The van der Waals surface area contributed by atoms with Gasteiger partial charge in [-0.05, 0) is 64.7 Å². The molecule has 0 fully saturated rings. The van der Waals surface area contributed by atoms with Gasteiger partial charge in [-0.2, -0.15) is 5.26 Å². The van der Waals surface area contributed by atoms with Crippen LogP contribution in [0.1, 0.15) is 16.7 Å². The Balaban J connectivity index is 1.45. The fourth-order valence-electron chi connectivity index (χ4n) is 3.66. The van der Waals surface area contributed by atoms with Crippen molar-refractivity contribution in [2.24, 2.45) is 0 Å². The Bertz CT molecular complexity index is 1390. The molecule has 0 atom stereocenters. The zero-order valence-corrected chi connectivity index (χ0v) is 19.0. The van der Waals surface area contributed by atoms with Crippen LogP contribution in [0, 0.1) is 18.3 Å². The van der Waals surface area contributed by atoms with Crippen molar-refractivity contribution in [3.8, 4) is 17.6 Å². The van der Waals surface area contributed by atoms with Crippen molar-refractivity contribution in [2.45, 2.75) is 13.5 Å². The maximum atomic E-state index is 12.7. The summed E-state index contributed by atoms with van der Waals surface area (Å²) in [5, 5.41) is 14.6. The Morgan fingerprint density at radius 1 is 1.00 bits per heavy atom. The lowest BCUT2D eigenvalue weighted by molar-refractivity contribution is -0.112. The summed E-state index contributed by atoms with van der Waals surface area (Å²) in [5.74, 6) is 0.740. The number of carbonyl (C=O) groups excluding carboxylic acids is 1. The van der Waals surface area contributed by atoms with Crippen molar-refractivity contribution < 1.29 is 14.3 Å². The van der Waals surface area contributed by atoms with Crippen molar-refractivity contribution in [1.82, 2.24) is 0 Å². The van der Waals surface area contributed by atoms with Gasteiger partial charge in [0.15, 0.2) is 0 Å². The van der Waals surface area contributed by atoms with E-state index >= 15 is 0 Å². The van der Waals surface area contributed by atoms with Crippen LogP contribution < -0.4 is 14.8 Å². The predicted molar refractivity (Wildman–Crippen MR) is 135 cm³/mol. The first-order valence-electron chi connectivity index (χ1n) is 10.8. The molecule has 0 unspecified atom stereocenters. The Kier molecular flexibility index (Phi) is 6.90. The number of rotatable bonds is 7. The van der Waals surface area contributed by atoms with Crippen molar-refractivity contribution in [1.29, 1.82) is 5.26 Å². The highest BCUT2D eigenvalue weighted by Gasteiger charge is 2.13. The molecule has 0 saturated heterocycles. The molecule has 4 aromatic rings. The highest BCUT2D eigenvalue weighted by atomic mass is 16.5. The summed E-state index contributed by atoms with van der Waals surface area (Å²) in [6.07, 6.45) is 1.55. The van der Waals surface area contributed by atoms with E-state index < -0.39 is 5.91 Å². The molecular weight excluding hydrogens is 424 g/mol. The molecule has 168 valence electrons. The maximum absolute atomic E-state index is 12.7. The van der Waals surface area contributed by atoms with E-state index in [-0.39, 0.29) is 5.57 Å². The topological polar surface area (TPSA) is 71.3 Å². The van der Waals surface area contributed by atoms with Crippen molar-refractivity contribution in [2.75, 3.05) is 12.4 Å². The highest BCUT2D eigenvalue weighted by Crippen LogP contribution is 2.26. The van der Waals surface area contributed by atoms with Crippen LogP contribution >= 0.6 is 0 Å². The number of fused-ring (bicyclic) bond motifs is 1. The van der Waals surface area contributed by atoms with Crippen LogP contribution in [-0.4, -0.2) is 13.0 Å². The van der Waals surface area contributed by atoms with E-state index in [0.29, 0.717) is 23.8 Å². The second kappa shape index (κ2) is 10.4. The van der Waals surface area contributed by atoms with Crippen LogP contribution in [-0.2, 0) is 11.4 Å². The minimum Gasteiger partial charge on any atom is -0.495 e. The number of hydrogen-bond donors (Lipinski definition) is 1. The molecule has 0 aliphatic carbocycles. The van der Waals surface area contributed by atoms with E-state index in [9.17, 15) is 10.1 Å². The number of nitrogens with one attached hydrogen (secondary N) is 1. The fraction of sp³-hybridized carbons (Fsp3) is 0.103. The normalized spacial score (nSPS) is 11.0. The molecule has 1 N–H and O–H groups in total. The van der Waals surface area contributed by atoms with E-state index in [0.717, 1.165) is 16.7 Å². The number of aryl methyl sites for hydroxylation is 1. The van der Waals surface area contributed by atoms with Gasteiger partial charge < -0.3 is 14.8 Å². The minimum atomic E-state index is -0.498. The van der Waals surface area contributed by atoms with Crippen LogP contribution in [0.25, 0.3) is 16.8 Å². The lowest BCUT2D eigenvalue weighted by Gasteiger charge is -2.11. The molecule has 0 heterocycles. The standard InChI is InChI=1S/C29H24N2O3/c1-20-10-15-28(33-2)27(16-20)31-29(32)24(18-30)17-21-11-13-25(14-12-21)34-19-23-8-5-7-22-6-3-4-9-26(22)23/h3-17H,19H2,1-2H3,(H,31,32)/b24-17+. The molecule has 0 aliphatic heterocycles. The van der Waals surface area contributed by atoms with E-state index in [1.807, 2.05) is 61.5 Å². The first-order chi connectivity index (χ1) is 16.6. The number of nitriles is 1. The molecule has 34 heavy (non-hydrogen) atoms. The van der Waals surface area contributed by atoms with Crippen LogP contribution in [0.2, 0.25) is 0 Å². The lowest BCUT2D eigenvalue weighted by Crippen LogP contribution is -2.14. The van der Waals surface area contributed by atoms with Crippen molar-refractivity contribution in [3.63, 3.8) is 0 Å². The predicted octanol–water partition coefficient (Wildman–Crippen LogP) is 6.28. The van der Waals surface area contributed by atoms with E-state index in [1.54, 1.807) is 18.2 Å². The number of methoxy groups -OCH3 is 1. The number of hydrogen-bond acceptors (Lipinski definition) is 4. The summed E-state index contributed by atoms with van der Waals surface area (Å²) in [4.78, 5) is 12.7. The Labute approximate surface area is 198 Å².